The quantitative estimate of drug-likeness (QED) is 0.260. The van der Waals surface area contributed by atoms with Crippen molar-refractivity contribution >= 4 is 27.0 Å². The van der Waals surface area contributed by atoms with Crippen molar-refractivity contribution in [2.24, 2.45) is 0 Å². The molecule has 8 heteroatoms. The molecule has 0 radical (unpaired) electrons. The number of benzene rings is 1. The highest BCUT2D eigenvalue weighted by Crippen LogP contribution is 2.42. The molecule has 1 rings (SSSR count). The summed E-state index contributed by atoms with van der Waals surface area (Å²) in [6, 6.07) is 4.01. The normalized spacial score (nSPS) is 12.6. The second kappa shape index (κ2) is 13.9. The van der Waals surface area contributed by atoms with Crippen LogP contribution in [0.25, 0.3) is 0 Å². The van der Waals surface area contributed by atoms with Crippen molar-refractivity contribution in [3.8, 4) is 11.5 Å². The Morgan fingerprint density at radius 2 is 1.63 bits per heavy atom. The van der Waals surface area contributed by atoms with E-state index in [-0.39, 0.29) is 11.7 Å². The van der Waals surface area contributed by atoms with Gasteiger partial charge in [0.1, 0.15) is 11.5 Å². The van der Waals surface area contributed by atoms with Gasteiger partial charge in [0.25, 0.3) is 10.1 Å². The summed E-state index contributed by atoms with van der Waals surface area (Å²) in [6.45, 7) is 3.97. The lowest BCUT2D eigenvalue weighted by molar-refractivity contribution is -0.109. The summed E-state index contributed by atoms with van der Waals surface area (Å²) < 4.78 is 38.4. The maximum Gasteiger partial charge on any atom is 0.264 e. The first-order valence-electron chi connectivity index (χ1n) is 10.4. The van der Waals surface area contributed by atoms with E-state index in [0.29, 0.717) is 18.1 Å². The summed E-state index contributed by atoms with van der Waals surface area (Å²) in [5.41, 5.74) is 2.08. The minimum Gasteiger partial charge on any atom is -0.496 e. The van der Waals surface area contributed by atoms with E-state index < -0.39 is 10.1 Å². The van der Waals surface area contributed by atoms with Gasteiger partial charge in [0, 0.05) is 18.2 Å². The summed E-state index contributed by atoms with van der Waals surface area (Å²) in [4.78, 5) is 11.3. The van der Waals surface area contributed by atoms with Gasteiger partial charge in [-0.15, -0.1) is 0 Å². The minimum atomic E-state index is -3.37. The Bertz CT molecular complexity index is 736. The second-order valence-corrected chi connectivity index (χ2v) is 10.2. The lowest BCUT2D eigenvalue weighted by Gasteiger charge is -2.23. The SMILES string of the molecule is CCCC[C@@H](CCCCCOS(C)(=O)=O)c1c(OC)cc(CSC(C)=O)cc1OC. The molecule has 1 atom stereocenters. The van der Waals surface area contributed by atoms with Crippen molar-refractivity contribution in [3.05, 3.63) is 23.3 Å². The second-order valence-electron chi connectivity index (χ2n) is 7.41. The molecule has 0 aliphatic carbocycles. The van der Waals surface area contributed by atoms with Gasteiger partial charge in [0.15, 0.2) is 5.12 Å². The zero-order valence-corrected chi connectivity index (χ0v) is 20.5. The standard InChI is InChI=1S/C22H36O6S2/c1-6-7-11-19(12-9-8-10-13-28-30(5,24)25)22-20(26-3)14-18(15-21(22)27-4)16-29-17(2)23/h14-15,19H,6-13,16H2,1-5H3/t19-/m0/s1. The molecule has 172 valence electrons. The van der Waals surface area contributed by atoms with Gasteiger partial charge in [0.2, 0.25) is 0 Å². The van der Waals surface area contributed by atoms with Crippen LogP contribution in [0.4, 0.5) is 0 Å². The molecule has 0 saturated heterocycles. The smallest absolute Gasteiger partial charge is 0.264 e. The van der Waals surface area contributed by atoms with Crippen LogP contribution < -0.4 is 9.47 Å². The highest BCUT2D eigenvalue weighted by Gasteiger charge is 2.22. The Morgan fingerprint density at radius 1 is 1.03 bits per heavy atom. The van der Waals surface area contributed by atoms with E-state index in [4.69, 9.17) is 13.7 Å². The van der Waals surface area contributed by atoms with Gasteiger partial charge in [-0.1, -0.05) is 44.4 Å². The molecule has 0 amide bonds. The lowest BCUT2D eigenvalue weighted by atomic mass is 9.87. The monoisotopic (exact) mass is 460 g/mol. The molecule has 30 heavy (non-hydrogen) atoms. The molecule has 0 bridgehead atoms. The van der Waals surface area contributed by atoms with E-state index in [9.17, 15) is 13.2 Å². The predicted octanol–water partition coefficient (Wildman–Crippen LogP) is 5.29. The first-order chi connectivity index (χ1) is 14.2. The van der Waals surface area contributed by atoms with E-state index in [1.807, 2.05) is 12.1 Å². The Hall–Kier alpha value is -1.25. The molecule has 0 unspecified atom stereocenters. The summed E-state index contributed by atoms with van der Waals surface area (Å²) in [6.07, 6.45) is 7.87. The fourth-order valence-electron chi connectivity index (χ4n) is 3.43. The van der Waals surface area contributed by atoms with Crippen LogP contribution in [0.1, 0.15) is 75.8 Å². The number of thioether (sulfide) groups is 1. The van der Waals surface area contributed by atoms with Crippen LogP contribution in [-0.4, -0.2) is 40.6 Å². The minimum absolute atomic E-state index is 0.0812. The Morgan fingerprint density at radius 3 is 2.13 bits per heavy atom. The molecule has 0 N–H and O–H groups in total. The fraction of sp³-hybridized carbons (Fsp3) is 0.682. The van der Waals surface area contributed by atoms with Gasteiger partial charge in [-0.2, -0.15) is 8.42 Å². The van der Waals surface area contributed by atoms with Gasteiger partial charge in [-0.05, 0) is 42.9 Å². The predicted molar refractivity (Wildman–Crippen MR) is 123 cm³/mol. The fourth-order valence-corrected chi connectivity index (χ4v) is 4.38. The number of ether oxygens (including phenoxy) is 2. The zero-order valence-electron chi connectivity index (χ0n) is 18.9. The number of methoxy groups -OCH3 is 2. The molecule has 0 aliphatic heterocycles. The topological polar surface area (TPSA) is 78.9 Å². The lowest BCUT2D eigenvalue weighted by Crippen LogP contribution is -2.07. The van der Waals surface area contributed by atoms with Crippen molar-refractivity contribution in [1.29, 1.82) is 0 Å². The molecule has 0 heterocycles. The molecule has 0 saturated carbocycles. The summed E-state index contributed by atoms with van der Waals surface area (Å²) in [5, 5.41) is 0.0812. The maximum atomic E-state index is 11.3. The Labute approximate surface area is 186 Å². The van der Waals surface area contributed by atoms with Gasteiger partial charge in [-0.3, -0.25) is 8.98 Å². The van der Waals surface area contributed by atoms with Crippen molar-refractivity contribution in [1.82, 2.24) is 0 Å². The van der Waals surface area contributed by atoms with Gasteiger partial charge >= 0.3 is 0 Å². The average molecular weight is 461 g/mol. The Balaban J connectivity index is 2.92. The van der Waals surface area contributed by atoms with E-state index >= 15 is 0 Å². The molecule has 0 spiro atoms. The van der Waals surface area contributed by atoms with E-state index in [2.05, 4.69) is 6.92 Å². The van der Waals surface area contributed by atoms with Crippen LogP contribution in [0.15, 0.2) is 12.1 Å². The average Bonchev–Trinajstić information content (AvgIpc) is 2.69. The third-order valence-electron chi connectivity index (χ3n) is 4.85. The molecular formula is C22H36O6S2. The molecular weight excluding hydrogens is 424 g/mol. The number of hydrogen-bond acceptors (Lipinski definition) is 7. The van der Waals surface area contributed by atoms with Crippen LogP contribution in [0.3, 0.4) is 0 Å². The van der Waals surface area contributed by atoms with Crippen molar-refractivity contribution in [2.75, 3.05) is 27.1 Å². The zero-order chi connectivity index (χ0) is 22.6. The van der Waals surface area contributed by atoms with Crippen molar-refractivity contribution < 1.29 is 26.9 Å². The number of unbranched alkanes of at least 4 members (excludes halogenated alkanes) is 3. The first-order valence-corrected chi connectivity index (χ1v) is 13.2. The van der Waals surface area contributed by atoms with Crippen LogP contribution in [0, 0.1) is 0 Å². The largest absolute Gasteiger partial charge is 0.496 e. The van der Waals surface area contributed by atoms with E-state index in [1.54, 1.807) is 21.1 Å². The van der Waals surface area contributed by atoms with Crippen LogP contribution in [0.2, 0.25) is 0 Å². The Kier molecular flexibility index (Phi) is 12.4. The number of hydrogen-bond donors (Lipinski definition) is 0. The van der Waals surface area contributed by atoms with E-state index in [1.165, 1.54) is 11.8 Å². The number of rotatable bonds is 15. The van der Waals surface area contributed by atoms with Gasteiger partial charge in [-0.25, -0.2) is 0 Å². The van der Waals surface area contributed by atoms with Crippen LogP contribution >= 0.6 is 11.8 Å². The number of carbonyl (C=O) groups is 1. The van der Waals surface area contributed by atoms with Crippen LogP contribution in [0.5, 0.6) is 11.5 Å². The molecule has 1 aromatic carbocycles. The maximum absolute atomic E-state index is 11.3. The van der Waals surface area contributed by atoms with Gasteiger partial charge < -0.3 is 9.47 Å². The molecule has 1 aromatic rings. The summed E-state index contributed by atoms with van der Waals surface area (Å²) >= 11 is 1.27. The van der Waals surface area contributed by atoms with Crippen molar-refractivity contribution in [2.45, 2.75) is 70.5 Å². The molecule has 6 nitrogen and oxygen atoms in total. The summed E-state index contributed by atoms with van der Waals surface area (Å²) in [5.74, 6) is 2.48. The van der Waals surface area contributed by atoms with Crippen molar-refractivity contribution in [3.63, 3.8) is 0 Å². The van der Waals surface area contributed by atoms with Gasteiger partial charge in [0.05, 0.1) is 27.1 Å². The summed E-state index contributed by atoms with van der Waals surface area (Å²) in [7, 11) is -0.0384. The third kappa shape index (κ3) is 10.2. The highest BCUT2D eigenvalue weighted by atomic mass is 32.2. The van der Waals surface area contributed by atoms with E-state index in [0.717, 1.165) is 67.4 Å². The first kappa shape index (κ1) is 26.8. The van der Waals surface area contributed by atoms with Crippen LogP contribution in [-0.2, 0) is 24.8 Å². The highest BCUT2D eigenvalue weighted by molar-refractivity contribution is 8.12. The molecule has 0 aliphatic rings. The molecule has 0 fully saturated rings. The molecule has 0 aromatic heterocycles. The number of carbonyl (C=O) groups excluding carboxylic acids is 1. The third-order valence-corrected chi connectivity index (χ3v) is 6.33.